The van der Waals surface area contributed by atoms with Crippen molar-refractivity contribution < 1.29 is 17.9 Å². The first-order valence-electron chi connectivity index (χ1n) is 10.4. The van der Waals surface area contributed by atoms with Crippen molar-refractivity contribution >= 4 is 21.6 Å². The standard InChI is InChI=1S/C24H29N3O4S/c1-5-26(17-20-12-10-16-25(20)3)24(28)18-27(21-13-7-8-14-22(21)31-4)32(29,30)23-15-9-6-11-19(23)2/h6-16H,5,17-18H2,1-4H3. The van der Waals surface area contributed by atoms with E-state index in [0.717, 1.165) is 10.00 Å². The molecule has 0 N–H and O–H groups in total. The molecule has 0 aliphatic carbocycles. The van der Waals surface area contributed by atoms with Gasteiger partial charge in [-0.3, -0.25) is 9.10 Å². The molecular formula is C24H29N3O4S. The highest BCUT2D eigenvalue weighted by Crippen LogP contribution is 2.33. The molecule has 1 heterocycles. The molecule has 0 aliphatic rings. The zero-order valence-electron chi connectivity index (χ0n) is 18.9. The van der Waals surface area contributed by atoms with Crippen molar-refractivity contribution in [1.82, 2.24) is 9.47 Å². The summed E-state index contributed by atoms with van der Waals surface area (Å²) in [5, 5.41) is 0. The zero-order chi connectivity index (χ0) is 23.3. The maximum Gasteiger partial charge on any atom is 0.265 e. The summed E-state index contributed by atoms with van der Waals surface area (Å²) in [5.74, 6) is 0.0831. The molecule has 3 aromatic rings. The maximum absolute atomic E-state index is 13.7. The van der Waals surface area contributed by atoms with Crippen LogP contribution in [0.25, 0.3) is 0 Å². The summed E-state index contributed by atoms with van der Waals surface area (Å²) in [7, 11) is -0.631. The normalized spacial score (nSPS) is 11.2. The molecule has 3 rings (SSSR count). The number of anilines is 1. The first kappa shape index (κ1) is 23.4. The van der Waals surface area contributed by atoms with Crippen LogP contribution in [-0.4, -0.2) is 44.0 Å². The smallest absolute Gasteiger partial charge is 0.265 e. The molecule has 0 fully saturated rings. The van der Waals surface area contributed by atoms with Crippen LogP contribution >= 0.6 is 0 Å². The summed E-state index contributed by atoms with van der Waals surface area (Å²) in [6.07, 6.45) is 1.91. The van der Waals surface area contributed by atoms with Crippen LogP contribution in [0.2, 0.25) is 0 Å². The largest absolute Gasteiger partial charge is 0.495 e. The summed E-state index contributed by atoms with van der Waals surface area (Å²) in [5.41, 5.74) is 1.89. The Morgan fingerprint density at radius 2 is 1.72 bits per heavy atom. The quantitative estimate of drug-likeness (QED) is 0.494. The second-order valence-electron chi connectivity index (χ2n) is 7.47. The van der Waals surface area contributed by atoms with E-state index in [9.17, 15) is 13.2 Å². The van der Waals surface area contributed by atoms with E-state index in [2.05, 4.69) is 0 Å². The van der Waals surface area contributed by atoms with Crippen LogP contribution in [0.4, 0.5) is 5.69 Å². The van der Waals surface area contributed by atoms with Gasteiger partial charge in [-0.05, 0) is 49.7 Å². The fraction of sp³-hybridized carbons (Fsp3) is 0.292. The lowest BCUT2D eigenvalue weighted by Gasteiger charge is -2.29. The molecule has 7 nitrogen and oxygen atoms in total. The number of benzene rings is 2. The summed E-state index contributed by atoms with van der Waals surface area (Å²) >= 11 is 0. The molecule has 0 bridgehead atoms. The highest BCUT2D eigenvalue weighted by Gasteiger charge is 2.31. The van der Waals surface area contributed by atoms with Gasteiger partial charge in [0.1, 0.15) is 12.3 Å². The number of aryl methyl sites for hydroxylation is 2. The molecule has 0 spiro atoms. The van der Waals surface area contributed by atoms with E-state index < -0.39 is 10.0 Å². The molecular weight excluding hydrogens is 426 g/mol. The molecule has 0 atom stereocenters. The Bertz CT molecular complexity index is 1190. The number of sulfonamides is 1. The highest BCUT2D eigenvalue weighted by atomic mass is 32.2. The van der Waals surface area contributed by atoms with Crippen molar-refractivity contribution in [2.24, 2.45) is 7.05 Å². The second kappa shape index (κ2) is 9.91. The summed E-state index contributed by atoms with van der Waals surface area (Å²) < 4.78 is 36.0. The topological polar surface area (TPSA) is 71.9 Å². The van der Waals surface area contributed by atoms with Crippen molar-refractivity contribution in [1.29, 1.82) is 0 Å². The Kier molecular flexibility index (Phi) is 7.25. The Morgan fingerprint density at radius 3 is 2.34 bits per heavy atom. The molecule has 0 radical (unpaired) electrons. The highest BCUT2D eigenvalue weighted by molar-refractivity contribution is 7.93. The lowest BCUT2D eigenvalue weighted by molar-refractivity contribution is -0.130. The first-order valence-corrected chi connectivity index (χ1v) is 11.8. The Morgan fingerprint density at radius 1 is 1.03 bits per heavy atom. The molecule has 1 aromatic heterocycles. The molecule has 0 saturated carbocycles. The minimum absolute atomic E-state index is 0.157. The maximum atomic E-state index is 13.7. The molecule has 170 valence electrons. The number of nitrogens with zero attached hydrogens (tertiary/aromatic N) is 3. The van der Waals surface area contributed by atoms with Gasteiger partial charge in [-0.1, -0.05) is 30.3 Å². The number of aromatic nitrogens is 1. The minimum atomic E-state index is -4.02. The molecule has 0 unspecified atom stereocenters. The van der Waals surface area contributed by atoms with Crippen LogP contribution in [0.1, 0.15) is 18.2 Å². The monoisotopic (exact) mass is 455 g/mol. The Balaban J connectivity index is 2.02. The predicted octanol–water partition coefficient (Wildman–Crippen LogP) is 3.59. The van der Waals surface area contributed by atoms with Crippen molar-refractivity contribution in [2.45, 2.75) is 25.3 Å². The zero-order valence-corrected chi connectivity index (χ0v) is 19.7. The Hall–Kier alpha value is -3.26. The molecule has 32 heavy (non-hydrogen) atoms. The van der Waals surface area contributed by atoms with Crippen LogP contribution < -0.4 is 9.04 Å². The lowest BCUT2D eigenvalue weighted by atomic mass is 10.2. The second-order valence-corrected chi connectivity index (χ2v) is 9.30. The van der Waals surface area contributed by atoms with Crippen LogP contribution in [-0.2, 0) is 28.4 Å². The third-order valence-corrected chi connectivity index (χ3v) is 7.35. The van der Waals surface area contributed by atoms with Crippen molar-refractivity contribution in [3.63, 3.8) is 0 Å². The van der Waals surface area contributed by atoms with Crippen LogP contribution in [0.5, 0.6) is 5.75 Å². The molecule has 2 aromatic carbocycles. The van der Waals surface area contributed by atoms with Gasteiger partial charge in [-0.15, -0.1) is 0 Å². The SMILES string of the molecule is CCN(Cc1cccn1C)C(=O)CN(c1ccccc1OC)S(=O)(=O)c1ccccc1C. The number of ether oxygens (including phenoxy) is 1. The van der Waals surface area contributed by atoms with E-state index in [0.29, 0.717) is 30.1 Å². The van der Waals surface area contributed by atoms with Gasteiger partial charge in [0.15, 0.2) is 0 Å². The molecule has 0 saturated heterocycles. The summed E-state index contributed by atoms with van der Waals surface area (Å²) in [6, 6.07) is 17.4. The van der Waals surface area contributed by atoms with E-state index >= 15 is 0 Å². The first-order chi connectivity index (χ1) is 15.3. The van der Waals surface area contributed by atoms with Gasteiger partial charge in [0.05, 0.1) is 24.2 Å². The van der Waals surface area contributed by atoms with Gasteiger partial charge < -0.3 is 14.2 Å². The van der Waals surface area contributed by atoms with E-state index in [1.165, 1.54) is 7.11 Å². The molecule has 8 heteroatoms. The van der Waals surface area contributed by atoms with E-state index in [1.54, 1.807) is 60.4 Å². The van der Waals surface area contributed by atoms with Crippen molar-refractivity contribution in [3.8, 4) is 5.75 Å². The van der Waals surface area contributed by atoms with Gasteiger partial charge in [0.25, 0.3) is 10.0 Å². The minimum Gasteiger partial charge on any atom is -0.495 e. The fourth-order valence-electron chi connectivity index (χ4n) is 3.56. The summed E-state index contributed by atoms with van der Waals surface area (Å²) in [6.45, 7) is 4.12. The Labute approximate surface area is 189 Å². The predicted molar refractivity (Wildman–Crippen MR) is 125 cm³/mol. The fourth-order valence-corrected chi connectivity index (χ4v) is 5.21. The number of hydrogen-bond acceptors (Lipinski definition) is 4. The van der Waals surface area contributed by atoms with E-state index in [-0.39, 0.29) is 17.3 Å². The third-order valence-electron chi connectivity index (χ3n) is 5.43. The number of carbonyl (C=O) groups is 1. The average molecular weight is 456 g/mol. The molecule has 1 amide bonds. The number of rotatable bonds is 9. The number of para-hydroxylation sites is 2. The van der Waals surface area contributed by atoms with Gasteiger partial charge in [-0.25, -0.2) is 8.42 Å². The van der Waals surface area contributed by atoms with E-state index in [1.807, 2.05) is 36.9 Å². The van der Waals surface area contributed by atoms with Crippen molar-refractivity contribution in [3.05, 3.63) is 78.1 Å². The summed E-state index contributed by atoms with van der Waals surface area (Å²) in [4.78, 5) is 15.1. The van der Waals surface area contributed by atoms with Crippen molar-refractivity contribution in [2.75, 3.05) is 24.5 Å². The number of carbonyl (C=O) groups excluding carboxylic acids is 1. The van der Waals surface area contributed by atoms with Crippen LogP contribution in [0.15, 0.2) is 71.8 Å². The number of hydrogen-bond donors (Lipinski definition) is 0. The molecule has 0 aliphatic heterocycles. The number of methoxy groups -OCH3 is 1. The van der Waals surface area contributed by atoms with E-state index in [4.69, 9.17) is 4.74 Å². The van der Waals surface area contributed by atoms with Gasteiger partial charge in [0.2, 0.25) is 5.91 Å². The van der Waals surface area contributed by atoms with Crippen LogP contribution in [0.3, 0.4) is 0 Å². The van der Waals surface area contributed by atoms with Crippen LogP contribution in [0, 0.1) is 6.92 Å². The van der Waals surface area contributed by atoms with Gasteiger partial charge in [0, 0.05) is 25.5 Å². The van der Waals surface area contributed by atoms with Gasteiger partial charge in [-0.2, -0.15) is 0 Å². The lowest BCUT2D eigenvalue weighted by Crippen LogP contribution is -2.43. The third kappa shape index (κ3) is 4.80. The van der Waals surface area contributed by atoms with Gasteiger partial charge >= 0.3 is 0 Å². The number of amides is 1. The number of likely N-dealkylation sites (N-methyl/N-ethyl adjacent to an activating group) is 1. The average Bonchev–Trinajstić information content (AvgIpc) is 3.19.